The summed E-state index contributed by atoms with van der Waals surface area (Å²) in [5.41, 5.74) is 8.94. The van der Waals surface area contributed by atoms with Crippen LogP contribution in [0.5, 0.6) is 0 Å². The molecule has 0 spiro atoms. The smallest absolute Gasteiger partial charge is 0.370 e. The van der Waals surface area contributed by atoms with Crippen LogP contribution in [0, 0.1) is 20.7 Å². The Kier molecular flexibility index (Phi) is 18.3. The van der Waals surface area contributed by atoms with Crippen molar-refractivity contribution >= 4 is 5.96 Å². The fraction of sp³-hybridized carbons (Fsp3) is 0. The van der Waals surface area contributed by atoms with Crippen LogP contribution in [-0.4, -0.2) is 11.0 Å². The Labute approximate surface area is 72.9 Å². The Hall–Kier alpha value is -0.530. The van der Waals surface area contributed by atoms with Gasteiger partial charge in [-0.25, -0.2) is 0 Å². The molecule has 0 heterocycles. The Balaban J connectivity index is -0.0000000720. The summed E-state index contributed by atoms with van der Waals surface area (Å²) < 4.78 is 0. The monoisotopic (exact) mass is 144 g/mol. The molecule has 0 saturated carbocycles. The minimum atomic E-state index is -1.75. The van der Waals surface area contributed by atoms with E-state index in [-0.39, 0.29) is 35.5 Å². The molecule has 0 aromatic rings. The molecule has 0 fully saturated rings. The number of guanidine groups is 1. The molecule has 7 nitrogen and oxygen atoms in total. The van der Waals surface area contributed by atoms with E-state index in [1.807, 2.05) is 0 Å². The van der Waals surface area contributed by atoms with Gasteiger partial charge in [-0.05, 0) is 0 Å². The number of nitrogens with two attached hydrogens (primary N) is 2. The van der Waals surface area contributed by atoms with Crippen LogP contribution in [0.15, 0.2) is 0 Å². The Morgan fingerprint density at radius 3 is 1.44 bits per heavy atom. The van der Waals surface area contributed by atoms with Gasteiger partial charge in [0, 0.05) is 0 Å². The Morgan fingerprint density at radius 1 is 1.44 bits per heavy atom. The predicted octanol–water partition coefficient (Wildman–Crippen LogP) is -4.40. The molecule has 0 aliphatic heterocycles. The fourth-order valence-corrected chi connectivity index (χ4v) is 0. The second kappa shape index (κ2) is 10.5. The number of hydrogen-bond donors (Lipinski definition) is 3. The first-order chi connectivity index (χ1) is 3.46. The third-order valence-electron chi connectivity index (χ3n) is 0. The third kappa shape index (κ3) is 796. The van der Waals surface area contributed by atoms with E-state index in [4.69, 9.17) is 20.7 Å². The second-order valence-electron chi connectivity index (χ2n) is 0.679. The van der Waals surface area contributed by atoms with E-state index in [0.717, 1.165) is 0 Å². The van der Waals surface area contributed by atoms with Crippen LogP contribution in [0.1, 0.15) is 0 Å². The molecular weight excluding hydrogens is 139 g/mol. The van der Waals surface area contributed by atoms with Gasteiger partial charge in [0.2, 0.25) is 0 Å². The number of nitrogens with one attached hydrogen (secondary N) is 1. The van der Waals surface area contributed by atoms with E-state index in [9.17, 15) is 0 Å². The zero-order valence-corrected chi connectivity index (χ0v) is 6.83. The maximum Gasteiger partial charge on any atom is 1.00 e. The third-order valence-corrected chi connectivity index (χ3v) is 0. The van der Waals surface area contributed by atoms with Gasteiger partial charge in [-0.1, -0.05) is 0 Å². The van der Waals surface area contributed by atoms with Crippen molar-refractivity contribution in [3.8, 4) is 0 Å². The molecule has 0 aromatic heterocycles. The summed E-state index contributed by atoms with van der Waals surface area (Å²) in [5.74, 6) is -0.333. The summed E-state index contributed by atoms with van der Waals surface area (Å²) >= 11 is 0. The van der Waals surface area contributed by atoms with E-state index in [0.29, 0.717) is 0 Å². The first-order valence-corrected chi connectivity index (χ1v) is 1.38. The molecule has 9 heavy (non-hydrogen) atoms. The van der Waals surface area contributed by atoms with E-state index in [1.165, 1.54) is 0 Å². The van der Waals surface area contributed by atoms with Crippen molar-refractivity contribution in [3.05, 3.63) is 15.3 Å². The first-order valence-electron chi connectivity index (χ1n) is 1.38. The summed E-state index contributed by atoms with van der Waals surface area (Å²) in [6, 6.07) is 0. The fourth-order valence-electron chi connectivity index (χ4n) is 0. The SMILES string of the molecule is N=C(N)N.O=[N+]([O-])[O-].[Na+]. The summed E-state index contributed by atoms with van der Waals surface area (Å²) in [4.78, 5) is 8.25. The van der Waals surface area contributed by atoms with Crippen LogP contribution in [-0.2, 0) is 0 Å². The molecule has 0 rings (SSSR count). The molecule has 48 valence electrons. The average molecular weight is 144 g/mol. The first kappa shape index (κ1) is 15.8. The predicted molar refractivity (Wildman–Crippen MR) is 26.5 cm³/mol. The van der Waals surface area contributed by atoms with Gasteiger partial charge in [-0.15, -0.1) is 0 Å². The number of nitrogens with zero attached hydrogens (tertiary/aromatic N) is 1. The van der Waals surface area contributed by atoms with Crippen molar-refractivity contribution in [2.75, 3.05) is 0 Å². The van der Waals surface area contributed by atoms with Gasteiger partial charge in [0.15, 0.2) is 5.96 Å². The standard InChI is InChI=1S/CH5N3.NO3.Na/c2*2-1(3)4;/h(H5,2,3,4);;/q;-1;+1. The summed E-state index contributed by atoms with van der Waals surface area (Å²) in [5, 5.41) is 20.8. The molecule has 0 saturated heterocycles. The van der Waals surface area contributed by atoms with Gasteiger partial charge in [0.25, 0.3) is 0 Å². The molecule has 0 atom stereocenters. The second-order valence-corrected chi connectivity index (χ2v) is 0.679. The molecule has 0 aliphatic carbocycles. The van der Waals surface area contributed by atoms with Gasteiger partial charge < -0.3 is 26.8 Å². The van der Waals surface area contributed by atoms with Gasteiger partial charge in [0.05, 0.1) is 5.09 Å². The van der Waals surface area contributed by atoms with Gasteiger partial charge in [-0.3, -0.25) is 5.41 Å². The molecular formula is CH5N4NaO3. The quantitative estimate of drug-likeness (QED) is 0.103. The largest absolute Gasteiger partial charge is 1.00 e. The van der Waals surface area contributed by atoms with Crippen molar-refractivity contribution < 1.29 is 34.6 Å². The molecule has 0 unspecified atom stereocenters. The Morgan fingerprint density at radius 2 is 1.44 bits per heavy atom. The molecule has 0 radical (unpaired) electrons. The van der Waals surface area contributed by atoms with Crippen molar-refractivity contribution in [2.45, 2.75) is 0 Å². The van der Waals surface area contributed by atoms with E-state index < -0.39 is 5.09 Å². The van der Waals surface area contributed by atoms with Crippen LogP contribution in [0.25, 0.3) is 0 Å². The zero-order chi connectivity index (χ0) is 7.15. The summed E-state index contributed by atoms with van der Waals surface area (Å²) in [7, 11) is 0. The molecule has 0 aliphatic rings. The Bertz CT molecular complexity index is 73.8. The van der Waals surface area contributed by atoms with E-state index in [1.54, 1.807) is 0 Å². The number of rotatable bonds is 0. The van der Waals surface area contributed by atoms with Gasteiger partial charge in [0.1, 0.15) is 0 Å². The molecule has 0 bridgehead atoms. The zero-order valence-electron chi connectivity index (χ0n) is 4.83. The van der Waals surface area contributed by atoms with Crippen molar-refractivity contribution in [1.82, 2.24) is 0 Å². The van der Waals surface area contributed by atoms with Crippen LogP contribution in [0.2, 0.25) is 0 Å². The normalized spacial score (nSPS) is 5.33. The van der Waals surface area contributed by atoms with Gasteiger partial charge in [-0.2, -0.15) is 0 Å². The van der Waals surface area contributed by atoms with E-state index >= 15 is 0 Å². The summed E-state index contributed by atoms with van der Waals surface area (Å²) in [6.45, 7) is 0. The maximum atomic E-state index is 8.25. The summed E-state index contributed by atoms with van der Waals surface area (Å²) in [6.07, 6.45) is 0. The number of hydrogen-bond acceptors (Lipinski definition) is 4. The minimum absolute atomic E-state index is 0. The topological polar surface area (TPSA) is 142 Å². The minimum Gasteiger partial charge on any atom is -0.370 e. The van der Waals surface area contributed by atoms with Crippen molar-refractivity contribution in [3.63, 3.8) is 0 Å². The average Bonchev–Trinajstić information content (AvgIpc) is 1.25. The molecule has 8 heteroatoms. The maximum absolute atomic E-state index is 8.25. The van der Waals surface area contributed by atoms with Crippen molar-refractivity contribution in [1.29, 1.82) is 5.41 Å². The van der Waals surface area contributed by atoms with Crippen LogP contribution < -0.4 is 41.0 Å². The van der Waals surface area contributed by atoms with Gasteiger partial charge >= 0.3 is 29.6 Å². The van der Waals surface area contributed by atoms with Crippen LogP contribution >= 0.6 is 0 Å². The van der Waals surface area contributed by atoms with Crippen LogP contribution in [0.4, 0.5) is 0 Å². The van der Waals surface area contributed by atoms with Crippen LogP contribution in [0.3, 0.4) is 0 Å². The molecule has 5 N–H and O–H groups in total. The van der Waals surface area contributed by atoms with E-state index in [2.05, 4.69) is 11.5 Å². The molecule has 0 amide bonds. The molecule has 0 aromatic carbocycles. The van der Waals surface area contributed by atoms with Crippen molar-refractivity contribution in [2.24, 2.45) is 11.5 Å².